The molecule has 0 unspecified atom stereocenters. The van der Waals surface area contributed by atoms with E-state index in [0.717, 1.165) is 12.0 Å². The highest BCUT2D eigenvalue weighted by Gasteiger charge is 2.13. The van der Waals surface area contributed by atoms with Gasteiger partial charge in [0.25, 0.3) is 0 Å². The third-order valence-corrected chi connectivity index (χ3v) is 3.23. The number of urea groups is 1. The molecule has 5 nitrogen and oxygen atoms in total. The molecule has 1 aromatic carbocycles. The van der Waals surface area contributed by atoms with Crippen molar-refractivity contribution >= 4 is 29.3 Å². The Labute approximate surface area is 121 Å². The second-order valence-electron chi connectivity index (χ2n) is 4.33. The number of benzene rings is 1. The minimum atomic E-state index is -0.443. The van der Waals surface area contributed by atoms with E-state index in [2.05, 4.69) is 10.6 Å². The van der Waals surface area contributed by atoms with E-state index < -0.39 is 12.0 Å². The molecule has 1 aromatic rings. The van der Waals surface area contributed by atoms with Crippen molar-refractivity contribution in [3.05, 3.63) is 40.6 Å². The molecule has 1 heterocycles. The van der Waals surface area contributed by atoms with E-state index in [-0.39, 0.29) is 6.61 Å². The Balaban J connectivity index is 1.98. The summed E-state index contributed by atoms with van der Waals surface area (Å²) >= 11 is 6.08. The minimum absolute atomic E-state index is 0.280. The average molecular weight is 295 g/mol. The van der Waals surface area contributed by atoms with Gasteiger partial charge in [-0.25, -0.2) is 9.59 Å². The Kier molecular flexibility index (Phi) is 4.63. The molecule has 6 heteroatoms. The summed E-state index contributed by atoms with van der Waals surface area (Å²) < 4.78 is 4.74. The van der Waals surface area contributed by atoms with Crippen molar-refractivity contribution in [3.8, 4) is 0 Å². The molecule has 0 aliphatic carbocycles. The van der Waals surface area contributed by atoms with Gasteiger partial charge in [-0.05, 0) is 24.1 Å². The fourth-order valence-corrected chi connectivity index (χ4v) is 2.15. The van der Waals surface area contributed by atoms with E-state index in [1.807, 2.05) is 13.0 Å². The van der Waals surface area contributed by atoms with Crippen LogP contribution in [0.25, 0.3) is 0 Å². The minimum Gasteiger partial charge on any atom is -0.462 e. The molecule has 0 saturated carbocycles. The summed E-state index contributed by atoms with van der Waals surface area (Å²) in [5.74, 6) is -0.443. The highest BCUT2D eigenvalue weighted by atomic mass is 35.5. The molecule has 0 radical (unpaired) electrons. The van der Waals surface area contributed by atoms with Crippen LogP contribution in [-0.4, -0.2) is 18.6 Å². The number of rotatable bonds is 3. The summed E-state index contributed by atoms with van der Waals surface area (Å²) in [5, 5.41) is 5.90. The zero-order chi connectivity index (χ0) is 14.5. The maximum atomic E-state index is 11.8. The number of ether oxygens (including phenoxy) is 1. The lowest BCUT2D eigenvalue weighted by Crippen LogP contribution is -2.30. The predicted molar refractivity (Wildman–Crippen MR) is 76.6 cm³/mol. The molecule has 20 heavy (non-hydrogen) atoms. The van der Waals surface area contributed by atoms with Crippen LogP contribution < -0.4 is 10.6 Å². The molecule has 2 amide bonds. The largest absolute Gasteiger partial charge is 0.462 e. The van der Waals surface area contributed by atoms with Crippen LogP contribution >= 0.6 is 11.6 Å². The molecule has 0 fully saturated rings. The van der Waals surface area contributed by atoms with Crippen LogP contribution in [0.15, 0.2) is 30.0 Å². The summed E-state index contributed by atoms with van der Waals surface area (Å²) in [6, 6.07) is 4.94. The van der Waals surface area contributed by atoms with Crippen LogP contribution in [0.5, 0.6) is 0 Å². The van der Waals surface area contributed by atoms with Gasteiger partial charge in [-0.2, -0.15) is 0 Å². The van der Waals surface area contributed by atoms with E-state index in [9.17, 15) is 9.59 Å². The molecule has 2 N–H and O–H groups in total. The third kappa shape index (κ3) is 3.74. The van der Waals surface area contributed by atoms with Gasteiger partial charge < -0.3 is 15.4 Å². The van der Waals surface area contributed by atoms with Crippen molar-refractivity contribution in [1.29, 1.82) is 0 Å². The normalized spacial score (nSPS) is 14.3. The van der Waals surface area contributed by atoms with E-state index in [1.54, 1.807) is 12.1 Å². The van der Waals surface area contributed by atoms with Crippen LogP contribution in [0, 0.1) is 0 Å². The average Bonchev–Trinajstić information content (AvgIpc) is 2.38. The second kappa shape index (κ2) is 6.43. The van der Waals surface area contributed by atoms with Crippen molar-refractivity contribution in [2.75, 3.05) is 11.9 Å². The van der Waals surface area contributed by atoms with E-state index in [1.165, 1.54) is 6.08 Å². The SMILES string of the molecule is CCc1ccc(NC(=O)NC2=CC(=O)OCC2)cc1Cl. The highest BCUT2D eigenvalue weighted by Crippen LogP contribution is 2.21. The quantitative estimate of drug-likeness (QED) is 0.842. The summed E-state index contributed by atoms with van der Waals surface area (Å²) in [6.45, 7) is 2.29. The lowest BCUT2D eigenvalue weighted by molar-refractivity contribution is -0.138. The van der Waals surface area contributed by atoms with Gasteiger partial charge in [0.1, 0.15) is 0 Å². The summed E-state index contributed by atoms with van der Waals surface area (Å²) in [7, 11) is 0. The summed E-state index contributed by atoms with van der Waals surface area (Å²) in [6.07, 6.45) is 2.60. The monoisotopic (exact) mass is 294 g/mol. The number of cyclic esters (lactones) is 1. The van der Waals surface area contributed by atoms with Gasteiger partial charge in [-0.15, -0.1) is 0 Å². The van der Waals surface area contributed by atoms with E-state index in [0.29, 0.717) is 22.8 Å². The van der Waals surface area contributed by atoms with Crippen LogP contribution in [0.3, 0.4) is 0 Å². The Bertz CT molecular complexity index is 570. The summed E-state index contributed by atoms with van der Waals surface area (Å²) in [4.78, 5) is 22.8. The van der Waals surface area contributed by atoms with Crippen molar-refractivity contribution < 1.29 is 14.3 Å². The standard InChI is InChI=1S/C14H15ClN2O3/c1-2-9-3-4-10(7-12(9)15)16-14(19)17-11-5-6-20-13(18)8-11/h3-4,7-8H,2,5-6H2,1H3,(H2,16,17,19). The van der Waals surface area contributed by atoms with Crippen molar-refractivity contribution in [1.82, 2.24) is 5.32 Å². The molecule has 0 bridgehead atoms. The Morgan fingerprint density at radius 3 is 2.85 bits per heavy atom. The van der Waals surface area contributed by atoms with Gasteiger partial charge in [0.2, 0.25) is 0 Å². The first kappa shape index (κ1) is 14.4. The van der Waals surface area contributed by atoms with Gasteiger partial charge in [0.05, 0.1) is 6.61 Å². The number of amides is 2. The van der Waals surface area contributed by atoms with E-state index >= 15 is 0 Å². The van der Waals surface area contributed by atoms with Crippen LogP contribution in [-0.2, 0) is 16.0 Å². The molecule has 106 valence electrons. The number of hydrogen-bond donors (Lipinski definition) is 2. The van der Waals surface area contributed by atoms with E-state index in [4.69, 9.17) is 16.3 Å². The number of carbonyl (C=O) groups is 2. The molecule has 0 aromatic heterocycles. The van der Waals surface area contributed by atoms with Crippen molar-refractivity contribution in [3.63, 3.8) is 0 Å². The first-order valence-electron chi connectivity index (χ1n) is 6.32. The zero-order valence-electron chi connectivity index (χ0n) is 11.0. The van der Waals surface area contributed by atoms with Crippen molar-refractivity contribution in [2.45, 2.75) is 19.8 Å². The first-order valence-corrected chi connectivity index (χ1v) is 6.70. The lowest BCUT2D eigenvalue weighted by atomic mass is 10.1. The van der Waals surface area contributed by atoms with Gasteiger partial charge in [0, 0.05) is 28.9 Å². The molecule has 1 aliphatic rings. The number of halogens is 1. The molecule has 0 saturated heterocycles. The van der Waals surface area contributed by atoms with Crippen LogP contribution in [0.4, 0.5) is 10.5 Å². The molecule has 0 atom stereocenters. The predicted octanol–water partition coefficient (Wildman–Crippen LogP) is 2.85. The number of esters is 1. The molecular weight excluding hydrogens is 280 g/mol. The Hall–Kier alpha value is -2.01. The van der Waals surface area contributed by atoms with Gasteiger partial charge in [0.15, 0.2) is 0 Å². The topological polar surface area (TPSA) is 67.4 Å². The van der Waals surface area contributed by atoms with Gasteiger partial charge in [-0.3, -0.25) is 0 Å². The maximum Gasteiger partial charge on any atom is 0.332 e. The highest BCUT2D eigenvalue weighted by molar-refractivity contribution is 6.31. The number of carbonyl (C=O) groups excluding carboxylic acids is 2. The molecule has 1 aliphatic heterocycles. The molecular formula is C14H15ClN2O3. The number of hydrogen-bond acceptors (Lipinski definition) is 3. The van der Waals surface area contributed by atoms with Gasteiger partial charge in [-0.1, -0.05) is 24.6 Å². The van der Waals surface area contributed by atoms with Crippen LogP contribution in [0.2, 0.25) is 5.02 Å². The van der Waals surface area contributed by atoms with Crippen molar-refractivity contribution in [2.24, 2.45) is 0 Å². The Morgan fingerprint density at radius 1 is 1.40 bits per heavy atom. The lowest BCUT2D eigenvalue weighted by Gasteiger charge is -2.15. The maximum absolute atomic E-state index is 11.8. The first-order chi connectivity index (χ1) is 9.58. The number of anilines is 1. The molecule has 0 spiro atoms. The summed E-state index contributed by atoms with van der Waals surface area (Å²) in [5.41, 5.74) is 2.16. The Morgan fingerprint density at radius 2 is 2.20 bits per heavy atom. The second-order valence-corrected chi connectivity index (χ2v) is 4.73. The fraction of sp³-hybridized carbons (Fsp3) is 0.286. The number of nitrogens with one attached hydrogen (secondary N) is 2. The number of aryl methyl sites for hydroxylation is 1. The molecule has 2 rings (SSSR count). The zero-order valence-corrected chi connectivity index (χ0v) is 11.8. The fourth-order valence-electron chi connectivity index (χ4n) is 1.84. The van der Waals surface area contributed by atoms with Crippen LogP contribution in [0.1, 0.15) is 18.9 Å². The van der Waals surface area contributed by atoms with Gasteiger partial charge >= 0.3 is 12.0 Å². The smallest absolute Gasteiger partial charge is 0.332 e. The third-order valence-electron chi connectivity index (χ3n) is 2.87.